The van der Waals surface area contributed by atoms with Gasteiger partial charge in [-0.25, -0.2) is 9.59 Å². The predicted octanol–water partition coefficient (Wildman–Crippen LogP) is 3.88. The second-order valence-electron chi connectivity index (χ2n) is 7.00. The lowest BCUT2D eigenvalue weighted by Crippen LogP contribution is -2.56. The van der Waals surface area contributed by atoms with Crippen molar-refractivity contribution in [3.8, 4) is 12.3 Å². The largest absolute Gasteiger partial charge is 0.454 e. The first-order chi connectivity index (χ1) is 14.0. The van der Waals surface area contributed by atoms with E-state index in [9.17, 15) is 9.59 Å². The van der Waals surface area contributed by atoms with Gasteiger partial charge in [0.1, 0.15) is 6.10 Å². The lowest BCUT2D eigenvalue weighted by Gasteiger charge is -2.42. The number of rotatable bonds is 5. The van der Waals surface area contributed by atoms with Crippen LogP contribution in [0.2, 0.25) is 0 Å². The summed E-state index contributed by atoms with van der Waals surface area (Å²) in [6.07, 6.45) is 3.71. The smallest absolute Gasteiger partial charge is 0.338 e. The van der Waals surface area contributed by atoms with Gasteiger partial charge in [-0.1, -0.05) is 56.2 Å². The molecule has 150 valence electrons. The molecule has 0 unspecified atom stereocenters. The number of esters is 2. The first-order valence-electron chi connectivity index (χ1n) is 9.68. The highest BCUT2D eigenvalue weighted by Gasteiger charge is 2.47. The van der Waals surface area contributed by atoms with E-state index in [2.05, 4.69) is 5.92 Å². The van der Waals surface area contributed by atoms with Gasteiger partial charge in [0.15, 0.2) is 12.2 Å². The Kier molecular flexibility index (Phi) is 6.69. The van der Waals surface area contributed by atoms with Crippen molar-refractivity contribution in [3.05, 3.63) is 71.8 Å². The van der Waals surface area contributed by atoms with Crippen molar-refractivity contribution < 1.29 is 23.8 Å². The molecule has 1 aliphatic rings. The van der Waals surface area contributed by atoms with Crippen LogP contribution in [0, 0.1) is 18.3 Å². The monoisotopic (exact) mass is 392 g/mol. The van der Waals surface area contributed by atoms with Crippen LogP contribution in [0.4, 0.5) is 0 Å². The van der Waals surface area contributed by atoms with Crippen LogP contribution in [-0.4, -0.2) is 36.4 Å². The first kappa shape index (κ1) is 20.6. The van der Waals surface area contributed by atoms with E-state index in [0.29, 0.717) is 17.5 Å². The molecule has 0 aromatic heterocycles. The maximum atomic E-state index is 12.7. The Morgan fingerprint density at radius 1 is 0.931 bits per heavy atom. The first-order valence-corrected chi connectivity index (χ1v) is 9.68. The van der Waals surface area contributed by atoms with Gasteiger partial charge in [0.2, 0.25) is 0 Å². The third-order valence-electron chi connectivity index (χ3n) is 5.12. The number of carbonyl (C=O) groups is 2. The normalized spacial score (nSPS) is 26.2. The minimum absolute atomic E-state index is 0.203. The highest BCUT2D eigenvalue weighted by Crippen LogP contribution is 2.32. The average Bonchev–Trinajstić information content (AvgIpc) is 2.77. The van der Waals surface area contributed by atoms with E-state index < -0.39 is 30.3 Å². The molecule has 0 amide bonds. The maximum Gasteiger partial charge on any atom is 0.338 e. The van der Waals surface area contributed by atoms with Gasteiger partial charge in [0.25, 0.3) is 0 Å². The molecule has 1 fully saturated rings. The molecular formula is C24H24O5. The van der Waals surface area contributed by atoms with Gasteiger partial charge in [-0.3, -0.25) is 0 Å². The van der Waals surface area contributed by atoms with Crippen LogP contribution in [0.15, 0.2) is 60.7 Å². The molecule has 0 N–H and O–H groups in total. The van der Waals surface area contributed by atoms with Gasteiger partial charge in [-0.15, -0.1) is 6.42 Å². The predicted molar refractivity (Wildman–Crippen MR) is 108 cm³/mol. The zero-order valence-corrected chi connectivity index (χ0v) is 16.5. The Hall–Kier alpha value is -3.10. The fraction of sp³-hybridized carbons (Fsp3) is 0.333. The van der Waals surface area contributed by atoms with Crippen LogP contribution in [-0.2, 0) is 14.2 Å². The summed E-state index contributed by atoms with van der Waals surface area (Å²) in [5.41, 5.74) is 0.811. The van der Waals surface area contributed by atoms with Gasteiger partial charge in [-0.05, 0) is 30.7 Å². The molecule has 0 bridgehead atoms. The third-order valence-corrected chi connectivity index (χ3v) is 5.12. The standard InChI is InChI=1S/C24H24O5/c1-4-19-16(3)21(28-23(25)17-12-8-6-9-13-17)22(20(5-2)27-19)29-24(26)18-14-10-7-11-15-18/h2,6-16,19-22H,4H2,1,3H3/t16-,19-,20-,21+,22-/m1/s1. The Morgan fingerprint density at radius 3 is 1.86 bits per heavy atom. The zero-order chi connectivity index (χ0) is 20.8. The average molecular weight is 392 g/mol. The molecule has 2 aromatic carbocycles. The summed E-state index contributed by atoms with van der Waals surface area (Å²) in [5.74, 6) is 1.32. The summed E-state index contributed by atoms with van der Waals surface area (Å²) in [5, 5.41) is 0. The Morgan fingerprint density at radius 2 is 1.41 bits per heavy atom. The van der Waals surface area contributed by atoms with E-state index >= 15 is 0 Å². The van der Waals surface area contributed by atoms with Crippen molar-refractivity contribution in [2.45, 2.75) is 44.7 Å². The van der Waals surface area contributed by atoms with E-state index in [-0.39, 0.29) is 12.0 Å². The van der Waals surface area contributed by atoms with Crippen LogP contribution in [0.1, 0.15) is 41.0 Å². The van der Waals surface area contributed by atoms with Crippen molar-refractivity contribution >= 4 is 11.9 Å². The van der Waals surface area contributed by atoms with E-state index in [4.69, 9.17) is 20.6 Å². The van der Waals surface area contributed by atoms with Gasteiger partial charge < -0.3 is 14.2 Å². The van der Waals surface area contributed by atoms with Crippen molar-refractivity contribution in [1.29, 1.82) is 0 Å². The fourth-order valence-electron chi connectivity index (χ4n) is 3.51. The number of benzene rings is 2. The van der Waals surface area contributed by atoms with E-state index in [0.717, 1.165) is 0 Å². The van der Waals surface area contributed by atoms with E-state index in [1.165, 1.54) is 0 Å². The SMILES string of the molecule is C#C[C@H]1O[C@H](CC)[C@@H](C)[C@H](OC(=O)c2ccccc2)[C@@H]1OC(=O)c1ccccc1. The fourth-order valence-corrected chi connectivity index (χ4v) is 3.51. The molecule has 0 aliphatic carbocycles. The molecule has 0 radical (unpaired) electrons. The lowest BCUT2D eigenvalue weighted by molar-refractivity contribution is -0.180. The van der Waals surface area contributed by atoms with Crippen molar-refractivity contribution in [3.63, 3.8) is 0 Å². The van der Waals surface area contributed by atoms with Gasteiger partial charge in [0.05, 0.1) is 17.2 Å². The molecule has 2 aromatic rings. The number of ether oxygens (including phenoxy) is 3. The van der Waals surface area contributed by atoms with Crippen LogP contribution in [0.3, 0.4) is 0 Å². The molecular weight excluding hydrogens is 368 g/mol. The Balaban J connectivity index is 1.87. The van der Waals surface area contributed by atoms with Gasteiger partial charge in [0, 0.05) is 5.92 Å². The van der Waals surface area contributed by atoms with Crippen molar-refractivity contribution in [2.24, 2.45) is 5.92 Å². The molecule has 5 nitrogen and oxygen atoms in total. The van der Waals surface area contributed by atoms with Crippen LogP contribution in [0.25, 0.3) is 0 Å². The van der Waals surface area contributed by atoms with Crippen LogP contribution >= 0.6 is 0 Å². The molecule has 5 heteroatoms. The molecule has 29 heavy (non-hydrogen) atoms. The van der Waals surface area contributed by atoms with Gasteiger partial charge in [-0.2, -0.15) is 0 Å². The molecule has 5 atom stereocenters. The molecule has 3 rings (SSSR count). The second-order valence-corrected chi connectivity index (χ2v) is 7.00. The van der Waals surface area contributed by atoms with Gasteiger partial charge >= 0.3 is 11.9 Å². The summed E-state index contributed by atoms with van der Waals surface area (Å²) in [7, 11) is 0. The third kappa shape index (κ3) is 4.67. The quantitative estimate of drug-likeness (QED) is 0.571. The Labute approximate surface area is 171 Å². The summed E-state index contributed by atoms with van der Waals surface area (Å²) in [4.78, 5) is 25.3. The van der Waals surface area contributed by atoms with Crippen molar-refractivity contribution in [2.75, 3.05) is 0 Å². The molecule has 0 spiro atoms. The zero-order valence-electron chi connectivity index (χ0n) is 16.5. The summed E-state index contributed by atoms with van der Waals surface area (Å²) >= 11 is 0. The molecule has 0 saturated carbocycles. The van der Waals surface area contributed by atoms with E-state index in [1.54, 1.807) is 48.5 Å². The molecule has 1 saturated heterocycles. The van der Waals surface area contributed by atoms with Crippen LogP contribution < -0.4 is 0 Å². The number of hydrogen-bond donors (Lipinski definition) is 0. The Bertz CT molecular complexity index is 871. The minimum Gasteiger partial charge on any atom is -0.454 e. The number of carbonyl (C=O) groups excluding carboxylic acids is 2. The molecule has 1 heterocycles. The minimum atomic E-state index is -0.904. The highest BCUT2D eigenvalue weighted by molar-refractivity contribution is 5.90. The van der Waals surface area contributed by atoms with Crippen LogP contribution in [0.5, 0.6) is 0 Å². The van der Waals surface area contributed by atoms with E-state index in [1.807, 2.05) is 26.0 Å². The lowest BCUT2D eigenvalue weighted by atomic mass is 9.86. The second kappa shape index (κ2) is 9.40. The number of terminal acetylenes is 1. The summed E-state index contributed by atoms with van der Waals surface area (Å²) in [6.45, 7) is 3.88. The maximum absolute atomic E-state index is 12.7. The summed E-state index contributed by atoms with van der Waals surface area (Å²) < 4.78 is 17.5. The number of hydrogen-bond acceptors (Lipinski definition) is 5. The topological polar surface area (TPSA) is 61.8 Å². The molecule has 1 aliphatic heterocycles. The highest BCUT2D eigenvalue weighted by atomic mass is 16.6. The van der Waals surface area contributed by atoms with Crippen molar-refractivity contribution in [1.82, 2.24) is 0 Å². The summed E-state index contributed by atoms with van der Waals surface area (Å²) in [6, 6.07) is 17.3.